The van der Waals surface area contributed by atoms with E-state index >= 15 is 0 Å². The Morgan fingerprint density at radius 2 is 1.85 bits per heavy atom. The number of nitrogens with two attached hydrogens (primary N) is 1. The van der Waals surface area contributed by atoms with Gasteiger partial charge in [0.25, 0.3) is 0 Å². The summed E-state index contributed by atoms with van der Waals surface area (Å²) >= 11 is 0. The van der Waals surface area contributed by atoms with Gasteiger partial charge in [0.2, 0.25) is 0 Å². The molecule has 0 fully saturated rings. The number of nitrogens with zero attached hydrogens (tertiary/aromatic N) is 1. The third-order valence-electron chi connectivity index (χ3n) is 1.81. The van der Waals surface area contributed by atoms with Crippen molar-refractivity contribution < 1.29 is 9.47 Å². The van der Waals surface area contributed by atoms with Crippen LogP contribution in [0, 0.1) is 0 Å². The highest BCUT2D eigenvalue weighted by atomic mass is 16.5. The molecule has 0 saturated carbocycles. The molecule has 0 bridgehead atoms. The van der Waals surface area contributed by atoms with E-state index in [2.05, 4.69) is 4.90 Å². The lowest BCUT2D eigenvalue weighted by Gasteiger charge is -2.20. The van der Waals surface area contributed by atoms with Crippen LogP contribution in [0.5, 0.6) is 0 Å². The minimum absolute atomic E-state index is 0.690. The predicted octanol–water partition coefficient (Wildman–Crippen LogP) is -0.0700. The summed E-state index contributed by atoms with van der Waals surface area (Å²) in [7, 11) is 1.71. The fourth-order valence-corrected chi connectivity index (χ4v) is 1.08. The van der Waals surface area contributed by atoms with E-state index in [9.17, 15) is 0 Å². The van der Waals surface area contributed by atoms with E-state index in [1.54, 1.807) is 7.11 Å². The molecule has 0 aromatic heterocycles. The molecule has 80 valence electrons. The van der Waals surface area contributed by atoms with Gasteiger partial charge in [0, 0.05) is 39.9 Å². The predicted molar refractivity (Wildman–Crippen MR) is 53.9 cm³/mol. The average Bonchev–Trinajstić information content (AvgIpc) is 2.14. The molecule has 0 unspecified atom stereocenters. The van der Waals surface area contributed by atoms with Gasteiger partial charge in [-0.25, -0.2) is 0 Å². The quantitative estimate of drug-likeness (QED) is 0.517. The minimum atomic E-state index is 0.690. The van der Waals surface area contributed by atoms with Gasteiger partial charge < -0.3 is 15.2 Å². The van der Waals surface area contributed by atoms with Gasteiger partial charge in [0.15, 0.2) is 0 Å². The van der Waals surface area contributed by atoms with Gasteiger partial charge in [-0.3, -0.25) is 4.90 Å². The molecule has 0 rings (SSSR count). The van der Waals surface area contributed by atoms with E-state index in [0.29, 0.717) is 6.54 Å². The normalized spacial score (nSPS) is 11.1. The highest BCUT2D eigenvalue weighted by Crippen LogP contribution is 1.88. The zero-order chi connectivity index (χ0) is 9.94. The minimum Gasteiger partial charge on any atom is -0.383 e. The SMILES string of the molecule is CCOCCN(CCN)CCOC. The molecule has 0 aliphatic rings. The first-order chi connectivity index (χ1) is 6.35. The highest BCUT2D eigenvalue weighted by molar-refractivity contribution is 4.57. The van der Waals surface area contributed by atoms with Crippen molar-refractivity contribution in [2.75, 3.05) is 53.1 Å². The Hall–Kier alpha value is -0.160. The number of rotatable bonds is 9. The average molecular weight is 190 g/mol. The first-order valence-electron chi connectivity index (χ1n) is 4.84. The van der Waals surface area contributed by atoms with Crippen molar-refractivity contribution in [3.63, 3.8) is 0 Å². The van der Waals surface area contributed by atoms with Crippen LogP contribution >= 0.6 is 0 Å². The van der Waals surface area contributed by atoms with Gasteiger partial charge in [-0.1, -0.05) is 0 Å². The topological polar surface area (TPSA) is 47.7 Å². The van der Waals surface area contributed by atoms with Gasteiger partial charge in [0.05, 0.1) is 13.2 Å². The van der Waals surface area contributed by atoms with Crippen molar-refractivity contribution in [1.82, 2.24) is 4.90 Å². The first kappa shape index (κ1) is 12.8. The van der Waals surface area contributed by atoms with Crippen LogP contribution < -0.4 is 5.73 Å². The molecule has 0 atom stereocenters. The lowest BCUT2D eigenvalue weighted by atomic mass is 10.4. The molecule has 0 spiro atoms. The third kappa shape index (κ3) is 8.18. The standard InChI is InChI=1S/C9H22N2O2/c1-3-13-9-7-11(5-4-10)6-8-12-2/h3-10H2,1-2H3. The maximum absolute atomic E-state index is 5.48. The van der Waals surface area contributed by atoms with Gasteiger partial charge in [-0.2, -0.15) is 0 Å². The van der Waals surface area contributed by atoms with Crippen molar-refractivity contribution >= 4 is 0 Å². The molecule has 2 N–H and O–H groups in total. The second-order valence-electron chi connectivity index (χ2n) is 2.82. The lowest BCUT2D eigenvalue weighted by molar-refractivity contribution is 0.0961. The first-order valence-corrected chi connectivity index (χ1v) is 4.84. The lowest BCUT2D eigenvalue weighted by Crippen LogP contribution is -2.35. The maximum Gasteiger partial charge on any atom is 0.0593 e. The van der Waals surface area contributed by atoms with E-state index in [-0.39, 0.29) is 0 Å². The largest absolute Gasteiger partial charge is 0.383 e. The second kappa shape index (κ2) is 9.92. The van der Waals surface area contributed by atoms with Crippen LogP contribution in [0.2, 0.25) is 0 Å². The summed E-state index contributed by atoms with van der Waals surface area (Å²) in [6.45, 7) is 7.79. The van der Waals surface area contributed by atoms with E-state index in [0.717, 1.165) is 39.5 Å². The molecule has 4 heteroatoms. The van der Waals surface area contributed by atoms with Crippen LogP contribution in [0.4, 0.5) is 0 Å². The van der Waals surface area contributed by atoms with E-state index < -0.39 is 0 Å². The Morgan fingerprint density at radius 3 is 2.38 bits per heavy atom. The molecule has 0 aliphatic carbocycles. The van der Waals surface area contributed by atoms with Gasteiger partial charge in [-0.15, -0.1) is 0 Å². The Morgan fingerprint density at radius 1 is 1.15 bits per heavy atom. The Kier molecular flexibility index (Phi) is 9.80. The highest BCUT2D eigenvalue weighted by Gasteiger charge is 2.02. The molecule has 0 aromatic carbocycles. The summed E-state index contributed by atoms with van der Waals surface area (Å²) in [5.41, 5.74) is 5.48. The molecule has 0 saturated heterocycles. The van der Waals surface area contributed by atoms with E-state index in [4.69, 9.17) is 15.2 Å². The maximum atomic E-state index is 5.48. The van der Waals surface area contributed by atoms with Crippen molar-refractivity contribution in [2.45, 2.75) is 6.92 Å². The molecule has 4 nitrogen and oxygen atoms in total. The molecule has 0 amide bonds. The zero-order valence-corrected chi connectivity index (χ0v) is 8.79. The van der Waals surface area contributed by atoms with Gasteiger partial charge in [-0.05, 0) is 6.92 Å². The fraction of sp³-hybridized carbons (Fsp3) is 1.00. The van der Waals surface area contributed by atoms with Crippen LogP contribution in [0.3, 0.4) is 0 Å². The number of ether oxygens (including phenoxy) is 2. The third-order valence-corrected chi connectivity index (χ3v) is 1.81. The Bertz CT molecular complexity index is 102. The fourth-order valence-electron chi connectivity index (χ4n) is 1.08. The Balaban J connectivity index is 3.41. The Labute approximate surface area is 81.0 Å². The molecule has 13 heavy (non-hydrogen) atoms. The smallest absolute Gasteiger partial charge is 0.0593 e. The van der Waals surface area contributed by atoms with Gasteiger partial charge in [0.1, 0.15) is 0 Å². The van der Waals surface area contributed by atoms with Crippen molar-refractivity contribution in [3.8, 4) is 0 Å². The zero-order valence-electron chi connectivity index (χ0n) is 8.79. The molecule has 0 aromatic rings. The van der Waals surface area contributed by atoms with Crippen LogP contribution in [-0.4, -0.2) is 58.0 Å². The molecule has 0 heterocycles. The number of hydrogen-bond acceptors (Lipinski definition) is 4. The number of methoxy groups -OCH3 is 1. The van der Waals surface area contributed by atoms with Crippen LogP contribution in [-0.2, 0) is 9.47 Å². The van der Waals surface area contributed by atoms with Crippen LogP contribution in [0.15, 0.2) is 0 Å². The second-order valence-corrected chi connectivity index (χ2v) is 2.82. The molecular formula is C9H22N2O2. The van der Waals surface area contributed by atoms with Crippen LogP contribution in [0.25, 0.3) is 0 Å². The van der Waals surface area contributed by atoms with Crippen molar-refractivity contribution in [1.29, 1.82) is 0 Å². The van der Waals surface area contributed by atoms with E-state index in [1.165, 1.54) is 0 Å². The summed E-state index contributed by atoms with van der Waals surface area (Å²) in [5, 5.41) is 0. The number of hydrogen-bond donors (Lipinski definition) is 1. The summed E-state index contributed by atoms with van der Waals surface area (Å²) in [6.07, 6.45) is 0. The summed E-state index contributed by atoms with van der Waals surface area (Å²) < 4.78 is 10.3. The molecule has 0 radical (unpaired) electrons. The molecule has 0 aliphatic heterocycles. The van der Waals surface area contributed by atoms with Crippen molar-refractivity contribution in [2.24, 2.45) is 5.73 Å². The van der Waals surface area contributed by atoms with Gasteiger partial charge >= 0.3 is 0 Å². The monoisotopic (exact) mass is 190 g/mol. The summed E-state index contributed by atoms with van der Waals surface area (Å²) in [6, 6.07) is 0. The summed E-state index contributed by atoms with van der Waals surface area (Å²) in [4.78, 5) is 2.25. The summed E-state index contributed by atoms with van der Waals surface area (Å²) in [5.74, 6) is 0. The van der Waals surface area contributed by atoms with E-state index in [1.807, 2.05) is 6.92 Å². The molecular weight excluding hydrogens is 168 g/mol. The van der Waals surface area contributed by atoms with Crippen LogP contribution in [0.1, 0.15) is 6.92 Å². The van der Waals surface area contributed by atoms with Crippen molar-refractivity contribution in [3.05, 3.63) is 0 Å².